The molecule has 9 heteroatoms. The summed E-state index contributed by atoms with van der Waals surface area (Å²) >= 11 is 1.16. The van der Waals surface area contributed by atoms with Crippen molar-refractivity contribution in [2.45, 2.75) is 31.4 Å². The summed E-state index contributed by atoms with van der Waals surface area (Å²) in [5.74, 6) is 0.262. The van der Waals surface area contributed by atoms with Gasteiger partial charge in [0.25, 0.3) is 15.6 Å². The molecule has 7 nitrogen and oxygen atoms in total. The summed E-state index contributed by atoms with van der Waals surface area (Å²) in [6, 6.07) is 5.16. The first-order valence-corrected chi connectivity index (χ1v) is 10.6. The van der Waals surface area contributed by atoms with Crippen molar-refractivity contribution < 1.29 is 8.42 Å². The van der Waals surface area contributed by atoms with Crippen molar-refractivity contribution in [3.63, 3.8) is 0 Å². The topological polar surface area (TPSA) is 96.0 Å². The van der Waals surface area contributed by atoms with E-state index in [4.69, 9.17) is 0 Å². The highest BCUT2D eigenvalue weighted by Gasteiger charge is 2.25. The second-order valence-corrected chi connectivity index (χ2v) is 9.41. The maximum absolute atomic E-state index is 13.0. The number of H-pyrrole nitrogens is 1. The Morgan fingerprint density at radius 2 is 1.96 bits per heavy atom. The number of thiophene rings is 1. The number of rotatable bonds is 5. The predicted molar refractivity (Wildman–Crippen MR) is 107 cm³/mol. The standard InChI is InChI=1S/C18H20N4O3S2/c1-5-13-8-14(12(3)21-18(13)23)15-6-7-17(26-15)27(24,25)22(4)16-10-19-9-11(2)20-16/h6-10H,5H2,1-4H3,(H,21,23). The molecule has 0 aromatic carbocycles. The number of nitrogens with zero attached hydrogens (tertiary/aromatic N) is 3. The summed E-state index contributed by atoms with van der Waals surface area (Å²) in [5.41, 5.74) is 2.73. The lowest BCUT2D eigenvalue weighted by Gasteiger charge is -2.17. The fraction of sp³-hybridized carbons (Fsp3) is 0.278. The minimum absolute atomic E-state index is 0.110. The van der Waals surface area contributed by atoms with Gasteiger partial charge in [-0.2, -0.15) is 0 Å². The van der Waals surface area contributed by atoms with E-state index in [1.165, 1.54) is 13.2 Å². The van der Waals surface area contributed by atoms with Crippen LogP contribution in [-0.2, 0) is 16.4 Å². The van der Waals surface area contributed by atoms with Gasteiger partial charge in [0.15, 0.2) is 5.82 Å². The van der Waals surface area contributed by atoms with Gasteiger partial charge >= 0.3 is 0 Å². The van der Waals surface area contributed by atoms with E-state index in [0.29, 0.717) is 23.4 Å². The second-order valence-electron chi connectivity index (χ2n) is 6.13. The van der Waals surface area contributed by atoms with Crippen LogP contribution in [0, 0.1) is 13.8 Å². The highest BCUT2D eigenvalue weighted by molar-refractivity contribution is 7.94. The van der Waals surface area contributed by atoms with Gasteiger partial charge < -0.3 is 4.98 Å². The molecule has 3 aromatic rings. The van der Waals surface area contributed by atoms with Crippen LogP contribution in [0.15, 0.2) is 39.6 Å². The molecule has 1 N–H and O–H groups in total. The zero-order valence-electron chi connectivity index (χ0n) is 15.5. The van der Waals surface area contributed by atoms with Crippen molar-refractivity contribution in [3.05, 3.63) is 57.9 Å². The number of aromatic amines is 1. The van der Waals surface area contributed by atoms with Crippen LogP contribution in [0.4, 0.5) is 5.82 Å². The van der Waals surface area contributed by atoms with E-state index >= 15 is 0 Å². The van der Waals surface area contributed by atoms with Gasteiger partial charge in [-0.3, -0.25) is 14.1 Å². The third-order valence-electron chi connectivity index (χ3n) is 4.22. The smallest absolute Gasteiger partial charge is 0.274 e. The molecule has 0 aliphatic carbocycles. The lowest BCUT2D eigenvalue weighted by molar-refractivity contribution is 0.596. The molecule has 0 atom stereocenters. The molecule has 0 aliphatic rings. The van der Waals surface area contributed by atoms with Crippen LogP contribution < -0.4 is 9.86 Å². The SMILES string of the molecule is CCc1cc(-c2ccc(S(=O)(=O)N(C)c3cncc(C)n3)s2)c(C)[nH]c1=O. The maximum atomic E-state index is 13.0. The van der Waals surface area contributed by atoms with Gasteiger partial charge in [-0.05, 0) is 38.5 Å². The summed E-state index contributed by atoms with van der Waals surface area (Å²) in [5, 5.41) is 0. The van der Waals surface area contributed by atoms with Crippen LogP contribution in [0.5, 0.6) is 0 Å². The van der Waals surface area contributed by atoms with Crippen LogP contribution in [0.2, 0.25) is 0 Å². The molecule has 0 spiro atoms. The average molecular weight is 405 g/mol. The first-order chi connectivity index (χ1) is 12.7. The van der Waals surface area contributed by atoms with E-state index in [-0.39, 0.29) is 15.6 Å². The highest BCUT2D eigenvalue weighted by Crippen LogP contribution is 2.34. The van der Waals surface area contributed by atoms with E-state index in [1.54, 1.807) is 32.2 Å². The molecule has 0 unspecified atom stereocenters. The summed E-state index contributed by atoms with van der Waals surface area (Å²) in [6.45, 7) is 5.47. The minimum atomic E-state index is -3.76. The number of hydrogen-bond acceptors (Lipinski definition) is 6. The monoisotopic (exact) mass is 404 g/mol. The normalized spacial score (nSPS) is 11.6. The van der Waals surface area contributed by atoms with Crippen molar-refractivity contribution in [2.75, 3.05) is 11.4 Å². The molecule has 142 valence electrons. The largest absolute Gasteiger partial charge is 0.326 e. The first-order valence-electron chi connectivity index (χ1n) is 8.34. The zero-order chi connectivity index (χ0) is 19.8. The Morgan fingerprint density at radius 1 is 1.22 bits per heavy atom. The third-order valence-corrected chi connectivity index (χ3v) is 7.57. The fourth-order valence-corrected chi connectivity index (χ4v) is 5.33. The van der Waals surface area contributed by atoms with E-state index in [1.807, 2.05) is 13.0 Å². The molecular formula is C18H20N4O3S2. The number of pyridine rings is 1. The number of aromatic nitrogens is 3. The van der Waals surface area contributed by atoms with Crippen LogP contribution >= 0.6 is 11.3 Å². The van der Waals surface area contributed by atoms with E-state index in [2.05, 4.69) is 15.0 Å². The molecule has 27 heavy (non-hydrogen) atoms. The lowest BCUT2D eigenvalue weighted by Crippen LogP contribution is -2.27. The maximum Gasteiger partial charge on any atom is 0.274 e. The third kappa shape index (κ3) is 3.65. The van der Waals surface area contributed by atoms with Crippen LogP contribution in [0.1, 0.15) is 23.9 Å². The van der Waals surface area contributed by atoms with Crippen molar-refractivity contribution in [1.82, 2.24) is 15.0 Å². The average Bonchev–Trinajstić information content (AvgIpc) is 3.12. The Morgan fingerprint density at radius 3 is 2.63 bits per heavy atom. The summed E-state index contributed by atoms with van der Waals surface area (Å²) in [4.78, 5) is 23.8. The van der Waals surface area contributed by atoms with Crippen molar-refractivity contribution in [1.29, 1.82) is 0 Å². The number of nitrogens with one attached hydrogen (secondary N) is 1. The number of aryl methyl sites for hydroxylation is 3. The quantitative estimate of drug-likeness (QED) is 0.705. The molecular weight excluding hydrogens is 384 g/mol. The van der Waals surface area contributed by atoms with E-state index in [9.17, 15) is 13.2 Å². The fourth-order valence-electron chi connectivity index (χ4n) is 2.65. The Hall–Kier alpha value is -2.52. The first kappa shape index (κ1) is 19.2. The van der Waals surface area contributed by atoms with E-state index < -0.39 is 10.0 Å². The molecule has 0 saturated heterocycles. The Bertz CT molecular complexity index is 1150. The molecule has 0 aliphatic heterocycles. The molecule has 3 rings (SSSR count). The van der Waals surface area contributed by atoms with Gasteiger partial charge in [0.05, 0.1) is 11.9 Å². The van der Waals surface area contributed by atoms with E-state index in [0.717, 1.165) is 26.1 Å². The van der Waals surface area contributed by atoms with Crippen LogP contribution in [-0.4, -0.2) is 30.4 Å². The minimum Gasteiger partial charge on any atom is -0.326 e. The molecule has 0 saturated carbocycles. The summed E-state index contributed by atoms with van der Waals surface area (Å²) in [6.07, 6.45) is 3.59. The Balaban J connectivity index is 2.01. The van der Waals surface area contributed by atoms with Gasteiger partial charge in [-0.15, -0.1) is 11.3 Å². The molecule has 0 radical (unpaired) electrons. The van der Waals surface area contributed by atoms with Crippen molar-refractivity contribution in [3.8, 4) is 10.4 Å². The second kappa shape index (κ2) is 7.24. The summed E-state index contributed by atoms with van der Waals surface area (Å²) in [7, 11) is -2.30. The summed E-state index contributed by atoms with van der Waals surface area (Å²) < 4.78 is 27.2. The van der Waals surface area contributed by atoms with Crippen LogP contribution in [0.3, 0.4) is 0 Å². The molecule has 3 heterocycles. The van der Waals surface area contributed by atoms with Gasteiger partial charge in [0.1, 0.15) is 4.21 Å². The highest BCUT2D eigenvalue weighted by atomic mass is 32.2. The molecule has 3 aromatic heterocycles. The predicted octanol–water partition coefficient (Wildman–Crippen LogP) is 2.90. The number of hydrogen-bond donors (Lipinski definition) is 1. The molecule has 0 fully saturated rings. The lowest BCUT2D eigenvalue weighted by atomic mass is 10.1. The van der Waals surface area contributed by atoms with Gasteiger partial charge in [0.2, 0.25) is 0 Å². The zero-order valence-corrected chi connectivity index (χ0v) is 17.1. The number of anilines is 1. The van der Waals surface area contributed by atoms with Crippen molar-refractivity contribution in [2.24, 2.45) is 0 Å². The molecule has 0 amide bonds. The van der Waals surface area contributed by atoms with Gasteiger partial charge in [-0.1, -0.05) is 6.92 Å². The number of sulfonamides is 1. The molecule has 0 bridgehead atoms. The van der Waals surface area contributed by atoms with Crippen molar-refractivity contribution >= 4 is 27.2 Å². The Labute approximate surface area is 161 Å². The Kier molecular flexibility index (Phi) is 5.16. The van der Waals surface area contributed by atoms with Gasteiger partial charge in [0, 0.05) is 34.9 Å². The van der Waals surface area contributed by atoms with Crippen LogP contribution in [0.25, 0.3) is 10.4 Å². The van der Waals surface area contributed by atoms with Gasteiger partial charge in [-0.25, -0.2) is 13.4 Å².